The van der Waals surface area contributed by atoms with Gasteiger partial charge < -0.3 is 10.6 Å². The molecule has 26 heavy (non-hydrogen) atoms. The highest BCUT2D eigenvalue weighted by molar-refractivity contribution is 7.87. The van der Waals surface area contributed by atoms with Gasteiger partial charge in [0.1, 0.15) is 0 Å². The summed E-state index contributed by atoms with van der Waals surface area (Å²) in [5.41, 5.74) is 1.43. The number of hydrogen-bond acceptors (Lipinski definition) is 4. The maximum absolute atomic E-state index is 12.0. The Morgan fingerprint density at radius 2 is 1.23 bits per heavy atom. The molecule has 1 aromatic carbocycles. The smallest absolute Gasteiger partial charge is 0.308 e. The Balaban J connectivity index is 1.66. The van der Waals surface area contributed by atoms with Crippen LogP contribution in [0.15, 0.2) is 24.3 Å². The molecule has 0 bridgehead atoms. The van der Waals surface area contributed by atoms with Crippen molar-refractivity contribution in [3.05, 3.63) is 24.3 Å². The van der Waals surface area contributed by atoms with Gasteiger partial charge in [-0.1, -0.05) is 83.3 Å². The number of anilines is 2. The molecule has 1 heterocycles. The molecule has 0 atom stereocenters. The Hall–Kier alpha value is -1.27. The first kappa shape index (κ1) is 21.0. The molecule has 0 unspecified atom stereocenters. The van der Waals surface area contributed by atoms with Gasteiger partial charge in [-0.2, -0.15) is 8.42 Å². The molecule has 0 aliphatic carbocycles. The van der Waals surface area contributed by atoms with Crippen LogP contribution in [0, 0.1) is 0 Å². The number of fused-ring (bicyclic) bond motifs is 1. The Labute approximate surface area is 158 Å². The van der Waals surface area contributed by atoms with Gasteiger partial charge in [-0.3, -0.25) is 4.55 Å². The second kappa shape index (κ2) is 10.2. The summed E-state index contributed by atoms with van der Waals surface area (Å²) < 4.78 is 33.7. The summed E-state index contributed by atoms with van der Waals surface area (Å²) in [6.07, 6.45) is 13.6. The van der Waals surface area contributed by atoms with Crippen molar-refractivity contribution in [1.82, 2.24) is 0 Å². The van der Waals surface area contributed by atoms with Crippen molar-refractivity contribution in [2.75, 3.05) is 10.6 Å². The summed E-state index contributed by atoms with van der Waals surface area (Å²) in [6.45, 7) is 2.24. The summed E-state index contributed by atoms with van der Waals surface area (Å²) in [4.78, 5) is -1.49. The average Bonchev–Trinajstić information content (AvgIpc) is 2.99. The van der Waals surface area contributed by atoms with Crippen molar-refractivity contribution in [2.24, 2.45) is 0 Å². The van der Waals surface area contributed by atoms with Crippen LogP contribution < -0.4 is 10.6 Å². The van der Waals surface area contributed by atoms with E-state index in [0.717, 1.165) is 19.3 Å². The number of rotatable bonds is 13. The van der Waals surface area contributed by atoms with Gasteiger partial charge in [-0.05, 0) is 18.6 Å². The summed E-state index contributed by atoms with van der Waals surface area (Å²) in [7, 11) is -4.27. The summed E-state index contributed by atoms with van der Waals surface area (Å²) >= 11 is 0. The van der Waals surface area contributed by atoms with Gasteiger partial charge in [0.25, 0.3) is 0 Å². The van der Waals surface area contributed by atoms with E-state index in [0.29, 0.717) is 17.8 Å². The monoisotopic (exact) mass is 382 g/mol. The number of nitrogens with one attached hydrogen (secondary N) is 2. The van der Waals surface area contributed by atoms with Crippen LogP contribution in [-0.2, 0) is 10.1 Å². The van der Waals surface area contributed by atoms with Crippen molar-refractivity contribution in [3.63, 3.8) is 0 Å². The lowest BCUT2D eigenvalue weighted by Gasteiger charge is -2.27. The minimum Gasteiger partial charge on any atom is -0.347 e. The highest BCUT2D eigenvalue weighted by atomic mass is 32.2. The highest BCUT2D eigenvalue weighted by Crippen LogP contribution is 2.38. The fraction of sp³-hybridized carbons (Fsp3) is 0.700. The standard InChI is InChI=1S/C20H34N2O3S/c1-2-3-4-5-6-7-8-9-10-11-14-17-20(26(23,24)25)21-18-15-12-13-16-19(18)22-20/h12-13,15-16,21-22H,2-11,14,17H2,1H3,(H,23,24,25). The van der Waals surface area contributed by atoms with Crippen molar-refractivity contribution in [2.45, 2.75) is 89.0 Å². The quantitative estimate of drug-likeness (QED) is 0.298. The van der Waals surface area contributed by atoms with Crippen molar-refractivity contribution in [1.29, 1.82) is 0 Å². The molecule has 1 aromatic rings. The fourth-order valence-corrected chi connectivity index (χ4v) is 4.47. The molecule has 0 spiro atoms. The van der Waals surface area contributed by atoms with Gasteiger partial charge in [0.15, 0.2) is 0 Å². The Morgan fingerprint density at radius 1 is 0.808 bits per heavy atom. The lowest BCUT2D eigenvalue weighted by Crippen LogP contribution is -2.49. The Morgan fingerprint density at radius 3 is 1.65 bits per heavy atom. The van der Waals surface area contributed by atoms with E-state index in [9.17, 15) is 13.0 Å². The third kappa shape index (κ3) is 5.88. The van der Waals surface area contributed by atoms with Crippen LogP contribution in [0.2, 0.25) is 0 Å². The lowest BCUT2D eigenvalue weighted by molar-refractivity contribution is 0.434. The molecule has 0 aromatic heterocycles. The van der Waals surface area contributed by atoms with Gasteiger partial charge in [-0.25, -0.2) is 0 Å². The van der Waals surface area contributed by atoms with Crippen molar-refractivity contribution < 1.29 is 13.0 Å². The Bertz CT molecular complexity index is 621. The van der Waals surface area contributed by atoms with Crippen LogP contribution >= 0.6 is 0 Å². The fourth-order valence-electron chi connectivity index (χ4n) is 3.59. The SMILES string of the molecule is CCCCCCCCCCCCCC1(S(=O)(=O)O)Nc2ccccc2N1. The van der Waals surface area contributed by atoms with Gasteiger partial charge in [-0.15, -0.1) is 0 Å². The molecule has 0 saturated carbocycles. The van der Waals surface area contributed by atoms with E-state index in [4.69, 9.17) is 0 Å². The third-order valence-corrected chi connectivity index (χ3v) is 6.46. The topological polar surface area (TPSA) is 78.4 Å². The maximum atomic E-state index is 12.0. The predicted octanol–water partition coefficient (Wildman–Crippen LogP) is 5.77. The van der Waals surface area contributed by atoms with E-state index < -0.39 is 15.1 Å². The van der Waals surface area contributed by atoms with Crippen LogP contribution in [0.5, 0.6) is 0 Å². The van der Waals surface area contributed by atoms with Crippen molar-refractivity contribution >= 4 is 21.5 Å². The van der Waals surface area contributed by atoms with E-state index in [-0.39, 0.29) is 0 Å². The normalized spacial score (nSPS) is 15.3. The number of hydrogen-bond donors (Lipinski definition) is 3. The molecule has 0 amide bonds. The molecule has 6 heteroatoms. The summed E-state index contributed by atoms with van der Waals surface area (Å²) in [5.74, 6) is 0. The molecule has 148 valence electrons. The number of unbranched alkanes of at least 4 members (excludes halogenated alkanes) is 10. The molecular weight excluding hydrogens is 348 g/mol. The second-order valence-corrected chi connectivity index (χ2v) is 9.03. The first-order valence-electron chi connectivity index (χ1n) is 10.1. The van der Waals surface area contributed by atoms with Gasteiger partial charge in [0, 0.05) is 6.42 Å². The maximum Gasteiger partial charge on any atom is 0.308 e. The van der Waals surface area contributed by atoms with Gasteiger partial charge in [0.05, 0.1) is 11.4 Å². The number of para-hydroxylation sites is 2. The molecule has 0 fully saturated rings. The van der Waals surface area contributed by atoms with Crippen LogP contribution in [0.25, 0.3) is 0 Å². The summed E-state index contributed by atoms with van der Waals surface area (Å²) in [5, 5.41) is 5.95. The minimum atomic E-state index is -4.27. The zero-order chi connectivity index (χ0) is 18.9. The zero-order valence-electron chi connectivity index (χ0n) is 16.0. The van der Waals surface area contributed by atoms with E-state index in [1.165, 1.54) is 51.4 Å². The van der Waals surface area contributed by atoms with Crippen LogP contribution in [-0.4, -0.2) is 18.0 Å². The predicted molar refractivity (Wildman–Crippen MR) is 109 cm³/mol. The van der Waals surface area contributed by atoms with E-state index in [1.54, 1.807) is 0 Å². The molecule has 2 rings (SSSR count). The number of benzene rings is 1. The van der Waals surface area contributed by atoms with Crippen LogP contribution in [0.4, 0.5) is 11.4 Å². The van der Waals surface area contributed by atoms with Crippen molar-refractivity contribution in [3.8, 4) is 0 Å². The first-order valence-corrected chi connectivity index (χ1v) is 11.5. The highest BCUT2D eigenvalue weighted by Gasteiger charge is 2.46. The molecule has 1 aliphatic rings. The average molecular weight is 383 g/mol. The molecule has 0 saturated heterocycles. The van der Waals surface area contributed by atoms with E-state index in [1.807, 2.05) is 24.3 Å². The minimum absolute atomic E-state index is 0.345. The van der Waals surface area contributed by atoms with Crippen LogP contribution in [0.3, 0.4) is 0 Å². The third-order valence-electron chi connectivity index (χ3n) is 5.17. The molecule has 5 nitrogen and oxygen atoms in total. The lowest BCUT2D eigenvalue weighted by atomic mass is 10.0. The van der Waals surface area contributed by atoms with Gasteiger partial charge >= 0.3 is 10.1 Å². The molecule has 1 aliphatic heterocycles. The first-order chi connectivity index (χ1) is 12.5. The molecule has 0 radical (unpaired) electrons. The van der Waals surface area contributed by atoms with Gasteiger partial charge in [0.2, 0.25) is 4.99 Å². The largest absolute Gasteiger partial charge is 0.347 e. The van der Waals surface area contributed by atoms with E-state index in [2.05, 4.69) is 17.6 Å². The van der Waals surface area contributed by atoms with Crippen LogP contribution in [0.1, 0.15) is 84.0 Å². The Kier molecular flexibility index (Phi) is 8.22. The second-order valence-electron chi connectivity index (χ2n) is 7.38. The summed E-state index contributed by atoms with van der Waals surface area (Å²) in [6, 6.07) is 7.32. The molecular formula is C20H34N2O3S. The zero-order valence-corrected chi connectivity index (χ0v) is 16.8. The molecule has 3 N–H and O–H groups in total. The van der Waals surface area contributed by atoms with E-state index >= 15 is 0 Å².